The van der Waals surface area contributed by atoms with Gasteiger partial charge in [0.25, 0.3) is 5.56 Å². The number of rotatable bonds is 4. The van der Waals surface area contributed by atoms with E-state index in [0.29, 0.717) is 29.0 Å². The highest BCUT2D eigenvalue weighted by Gasteiger charge is 2.54. The first-order valence-corrected chi connectivity index (χ1v) is 11.2. The molecule has 1 atom stereocenters. The molecule has 7 heteroatoms. The molecule has 3 fully saturated rings. The molecule has 5 rings (SSSR count). The third-order valence-corrected chi connectivity index (χ3v) is 8.10. The number of hydrogen-bond donors (Lipinski definition) is 1. The standard InChI is InChI=1S/C22H32N4O3/c1-21(29)9-5-15(6-10-21)12-26-19(27)17-18(24(2)20(26)28)23-14-25(17)13-16-11-22(16)7-3-4-8-22/h14-16,29H,3-13H2,1-2H3/t15-,16?,21-. The zero-order valence-electron chi connectivity index (χ0n) is 17.6. The van der Waals surface area contributed by atoms with Crippen molar-refractivity contribution in [2.75, 3.05) is 0 Å². The molecule has 0 aliphatic heterocycles. The van der Waals surface area contributed by atoms with Gasteiger partial charge in [0.1, 0.15) is 0 Å². The Morgan fingerprint density at radius 2 is 1.83 bits per heavy atom. The number of aryl methyl sites for hydroxylation is 1. The van der Waals surface area contributed by atoms with Crippen molar-refractivity contribution in [3.63, 3.8) is 0 Å². The van der Waals surface area contributed by atoms with Crippen LogP contribution in [0.4, 0.5) is 0 Å². The van der Waals surface area contributed by atoms with Crippen LogP contribution >= 0.6 is 0 Å². The summed E-state index contributed by atoms with van der Waals surface area (Å²) in [7, 11) is 1.71. The Balaban J connectivity index is 1.45. The van der Waals surface area contributed by atoms with Crippen LogP contribution in [0.1, 0.15) is 64.7 Å². The minimum Gasteiger partial charge on any atom is -0.390 e. The highest BCUT2D eigenvalue weighted by molar-refractivity contribution is 5.70. The van der Waals surface area contributed by atoms with Gasteiger partial charge in [-0.3, -0.25) is 13.9 Å². The second-order valence-corrected chi connectivity index (χ2v) is 10.2. The van der Waals surface area contributed by atoms with Gasteiger partial charge < -0.3 is 9.67 Å². The summed E-state index contributed by atoms with van der Waals surface area (Å²) in [5.74, 6) is 0.882. The second-order valence-electron chi connectivity index (χ2n) is 10.2. The molecule has 0 radical (unpaired) electrons. The molecule has 2 heterocycles. The molecule has 158 valence electrons. The van der Waals surface area contributed by atoms with Crippen LogP contribution in [0.2, 0.25) is 0 Å². The van der Waals surface area contributed by atoms with Crippen LogP contribution in [0.15, 0.2) is 15.9 Å². The second kappa shape index (κ2) is 6.56. The Labute approximate surface area is 170 Å². The number of aromatic nitrogens is 4. The van der Waals surface area contributed by atoms with E-state index < -0.39 is 5.60 Å². The summed E-state index contributed by atoms with van der Waals surface area (Å²) in [4.78, 5) is 30.6. The van der Waals surface area contributed by atoms with Crippen molar-refractivity contribution in [1.82, 2.24) is 18.7 Å². The van der Waals surface area contributed by atoms with Crippen molar-refractivity contribution >= 4 is 11.2 Å². The fourth-order valence-corrected chi connectivity index (χ4v) is 5.98. The first-order valence-electron chi connectivity index (χ1n) is 11.2. The van der Waals surface area contributed by atoms with Gasteiger partial charge in [0.05, 0.1) is 11.9 Å². The fraction of sp³-hybridized carbons (Fsp3) is 0.773. The van der Waals surface area contributed by atoms with Gasteiger partial charge in [0.15, 0.2) is 11.2 Å². The van der Waals surface area contributed by atoms with E-state index in [1.54, 1.807) is 13.4 Å². The van der Waals surface area contributed by atoms with Gasteiger partial charge in [-0.05, 0) is 69.1 Å². The van der Waals surface area contributed by atoms with E-state index in [2.05, 4.69) is 4.98 Å². The summed E-state index contributed by atoms with van der Waals surface area (Å²) in [6, 6.07) is 0. The molecule has 7 nitrogen and oxygen atoms in total. The molecular weight excluding hydrogens is 368 g/mol. The van der Waals surface area contributed by atoms with Crippen LogP contribution in [0, 0.1) is 17.3 Å². The molecule has 29 heavy (non-hydrogen) atoms. The van der Waals surface area contributed by atoms with Gasteiger partial charge in [-0.15, -0.1) is 0 Å². The van der Waals surface area contributed by atoms with Crippen LogP contribution in [0.5, 0.6) is 0 Å². The Bertz CT molecular complexity index is 1040. The number of aliphatic hydroxyl groups is 1. The Hall–Kier alpha value is -1.89. The number of nitrogens with zero attached hydrogens (tertiary/aromatic N) is 4. The summed E-state index contributed by atoms with van der Waals surface area (Å²) in [6.07, 6.45) is 11.4. The van der Waals surface area contributed by atoms with Crippen LogP contribution in [0.25, 0.3) is 11.2 Å². The molecule has 0 saturated heterocycles. The van der Waals surface area contributed by atoms with E-state index in [1.165, 1.54) is 41.2 Å². The maximum atomic E-state index is 13.3. The average molecular weight is 401 g/mol. The van der Waals surface area contributed by atoms with Crippen LogP contribution in [-0.2, 0) is 20.1 Å². The molecule has 2 aromatic rings. The zero-order valence-corrected chi connectivity index (χ0v) is 17.6. The highest BCUT2D eigenvalue weighted by atomic mass is 16.3. The van der Waals surface area contributed by atoms with Crippen molar-refractivity contribution in [3.05, 3.63) is 27.2 Å². The Morgan fingerprint density at radius 3 is 2.52 bits per heavy atom. The Kier molecular flexibility index (Phi) is 4.32. The maximum Gasteiger partial charge on any atom is 0.332 e. The van der Waals surface area contributed by atoms with Gasteiger partial charge in [-0.2, -0.15) is 0 Å². The lowest BCUT2D eigenvalue weighted by atomic mass is 9.80. The summed E-state index contributed by atoms with van der Waals surface area (Å²) in [5, 5.41) is 10.2. The van der Waals surface area contributed by atoms with E-state index in [9.17, 15) is 14.7 Å². The van der Waals surface area contributed by atoms with E-state index in [4.69, 9.17) is 0 Å². The fourth-order valence-electron chi connectivity index (χ4n) is 5.98. The minimum absolute atomic E-state index is 0.209. The molecule has 3 aliphatic rings. The molecule has 0 aromatic carbocycles. The Morgan fingerprint density at radius 1 is 1.14 bits per heavy atom. The minimum atomic E-state index is -0.616. The third kappa shape index (κ3) is 3.18. The average Bonchev–Trinajstić information content (AvgIpc) is 3.00. The summed E-state index contributed by atoms with van der Waals surface area (Å²) >= 11 is 0. The lowest BCUT2D eigenvalue weighted by molar-refractivity contribution is 0.00550. The first kappa shape index (κ1) is 19.1. The number of imidazole rings is 1. The monoisotopic (exact) mass is 400 g/mol. The molecule has 1 unspecified atom stereocenters. The maximum absolute atomic E-state index is 13.3. The summed E-state index contributed by atoms with van der Waals surface area (Å²) in [5.41, 5.74) is 0.451. The molecule has 1 spiro atoms. The lowest BCUT2D eigenvalue weighted by Crippen LogP contribution is -2.42. The van der Waals surface area contributed by atoms with Crippen LogP contribution < -0.4 is 11.2 Å². The topological polar surface area (TPSA) is 82.0 Å². The van der Waals surface area contributed by atoms with Crippen LogP contribution in [-0.4, -0.2) is 29.4 Å². The normalized spacial score (nSPS) is 31.0. The van der Waals surface area contributed by atoms with Crippen molar-refractivity contribution < 1.29 is 5.11 Å². The smallest absolute Gasteiger partial charge is 0.332 e. The third-order valence-electron chi connectivity index (χ3n) is 8.10. The summed E-state index contributed by atoms with van der Waals surface area (Å²) < 4.78 is 4.92. The van der Waals surface area contributed by atoms with Crippen molar-refractivity contribution in [2.45, 2.75) is 83.4 Å². The van der Waals surface area contributed by atoms with Crippen molar-refractivity contribution in [1.29, 1.82) is 0 Å². The summed E-state index contributed by atoms with van der Waals surface area (Å²) in [6.45, 7) is 3.13. The molecule has 3 saturated carbocycles. The van der Waals surface area contributed by atoms with E-state index in [1.807, 2.05) is 11.5 Å². The molecule has 0 bridgehead atoms. The zero-order chi connectivity index (χ0) is 20.4. The largest absolute Gasteiger partial charge is 0.390 e. The lowest BCUT2D eigenvalue weighted by Gasteiger charge is -2.33. The molecule has 3 aliphatic carbocycles. The molecular formula is C22H32N4O3. The SMILES string of the molecule is Cn1c(=O)n(C[C@H]2CC[C@](C)(O)CC2)c(=O)c2c1ncn2CC1CC12CCCC2. The number of hydrogen-bond acceptors (Lipinski definition) is 4. The molecule has 0 amide bonds. The van der Waals surface area contributed by atoms with Crippen molar-refractivity contribution in [2.24, 2.45) is 24.3 Å². The molecule has 1 N–H and O–H groups in total. The van der Waals surface area contributed by atoms with Gasteiger partial charge >= 0.3 is 5.69 Å². The predicted octanol–water partition coefficient (Wildman–Crippen LogP) is 2.42. The first-order chi connectivity index (χ1) is 13.8. The highest BCUT2D eigenvalue weighted by Crippen LogP contribution is 2.63. The van der Waals surface area contributed by atoms with E-state index >= 15 is 0 Å². The van der Waals surface area contributed by atoms with Crippen molar-refractivity contribution in [3.8, 4) is 0 Å². The van der Waals surface area contributed by atoms with Gasteiger partial charge in [-0.25, -0.2) is 9.78 Å². The van der Waals surface area contributed by atoms with Gasteiger partial charge in [0.2, 0.25) is 0 Å². The van der Waals surface area contributed by atoms with Gasteiger partial charge in [0, 0.05) is 20.1 Å². The van der Waals surface area contributed by atoms with Gasteiger partial charge in [-0.1, -0.05) is 12.8 Å². The predicted molar refractivity (Wildman–Crippen MR) is 111 cm³/mol. The van der Waals surface area contributed by atoms with Crippen LogP contribution in [0.3, 0.4) is 0 Å². The molecule has 2 aromatic heterocycles. The van der Waals surface area contributed by atoms with E-state index in [0.717, 1.165) is 32.2 Å². The number of fused-ring (bicyclic) bond motifs is 1. The quantitative estimate of drug-likeness (QED) is 0.855. The van der Waals surface area contributed by atoms with E-state index in [-0.39, 0.29) is 17.2 Å².